The number of aromatic amines is 1. The van der Waals surface area contributed by atoms with Gasteiger partial charge in [0.25, 0.3) is 0 Å². The summed E-state index contributed by atoms with van der Waals surface area (Å²) in [5.41, 5.74) is 3.06. The molecule has 1 atom stereocenters. The van der Waals surface area contributed by atoms with Gasteiger partial charge in [-0.2, -0.15) is 5.10 Å². The van der Waals surface area contributed by atoms with E-state index in [2.05, 4.69) is 30.8 Å². The molecule has 0 bridgehead atoms. The predicted octanol–water partition coefficient (Wildman–Crippen LogP) is 4.44. The van der Waals surface area contributed by atoms with Gasteiger partial charge in [0.1, 0.15) is 23.8 Å². The fourth-order valence-corrected chi connectivity index (χ4v) is 2.89. The third-order valence-corrected chi connectivity index (χ3v) is 4.67. The van der Waals surface area contributed by atoms with Crippen LogP contribution in [0.2, 0.25) is 0 Å². The predicted molar refractivity (Wildman–Crippen MR) is 99.1 cm³/mol. The Labute approximate surface area is 151 Å². The summed E-state index contributed by atoms with van der Waals surface area (Å²) < 4.78 is 13.1. The lowest BCUT2D eigenvalue weighted by Crippen LogP contribution is -2.10. The monoisotopic (exact) mass is 352 g/mol. The minimum Gasteiger partial charge on any atom is -0.363 e. The van der Waals surface area contributed by atoms with Gasteiger partial charge in [-0.25, -0.2) is 14.4 Å². The molecule has 0 radical (unpaired) electrons. The van der Waals surface area contributed by atoms with Crippen LogP contribution in [0.3, 0.4) is 0 Å². The average molecular weight is 352 g/mol. The van der Waals surface area contributed by atoms with Crippen molar-refractivity contribution in [3.8, 4) is 0 Å². The number of aromatic nitrogens is 4. The van der Waals surface area contributed by atoms with Gasteiger partial charge in [0, 0.05) is 29.3 Å². The minimum absolute atomic E-state index is 0.0103. The maximum atomic E-state index is 13.1. The second-order valence-electron chi connectivity index (χ2n) is 6.72. The van der Waals surface area contributed by atoms with Crippen molar-refractivity contribution in [1.82, 2.24) is 20.2 Å². The van der Waals surface area contributed by atoms with Crippen LogP contribution in [0.1, 0.15) is 48.5 Å². The molecule has 1 aliphatic carbocycles. The molecule has 0 spiro atoms. The zero-order chi connectivity index (χ0) is 18.1. The summed E-state index contributed by atoms with van der Waals surface area (Å²) in [6.07, 6.45) is 3.97. The second kappa shape index (κ2) is 6.74. The van der Waals surface area contributed by atoms with Crippen LogP contribution in [0.15, 0.2) is 36.7 Å². The highest BCUT2D eigenvalue weighted by Gasteiger charge is 2.25. The standard InChI is InChI=1S/C19H21FN6/c1-11-18(23-12(2)13-5-7-15(20)8-6-13)21-10-22-19(11)24-17-9-16(25-26-17)14-3-4-14/h5-10,12,14H,3-4H2,1-2H3,(H3,21,22,23,24,25,26)/t12-/m0/s1. The van der Waals surface area contributed by atoms with Gasteiger partial charge in [0.05, 0.1) is 0 Å². The van der Waals surface area contributed by atoms with Gasteiger partial charge in [-0.15, -0.1) is 0 Å². The van der Waals surface area contributed by atoms with Gasteiger partial charge in [0.2, 0.25) is 0 Å². The largest absolute Gasteiger partial charge is 0.363 e. The van der Waals surface area contributed by atoms with Gasteiger partial charge in [-0.3, -0.25) is 5.10 Å². The number of benzene rings is 1. The molecule has 26 heavy (non-hydrogen) atoms. The van der Waals surface area contributed by atoms with Crippen molar-refractivity contribution in [2.75, 3.05) is 10.6 Å². The van der Waals surface area contributed by atoms with E-state index >= 15 is 0 Å². The van der Waals surface area contributed by atoms with E-state index in [9.17, 15) is 4.39 Å². The number of rotatable bonds is 6. The summed E-state index contributed by atoms with van der Waals surface area (Å²) in [6, 6.07) is 8.49. The Bertz CT molecular complexity index is 901. The lowest BCUT2D eigenvalue weighted by Gasteiger charge is -2.17. The van der Waals surface area contributed by atoms with E-state index in [1.165, 1.54) is 37.0 Å². The van der Waals surface area contributed by atoms with Crippen molar-refractivity contribution in [2.45, 2.75) is 38.6 Å². The van der Waals surface area contributed by atoms with Crippen molar-refractivity contribution < 1.29 is 4.39 Å². The summed E-state index contributed by atoms with van der Waals surface area (Å²) in [6.45, 7) is 3.97. The molecular weight excluding hydrogens is 331 g/mol. The van der Waals surface area contributed by atoms with Crippen LogP contribution >= 0.6 is 0 Å². The quantitative estimate of drug-likeness (QED) is 0.611. The number of nitrogens with one attached hydrogen (secondary N) is 3. The van der Waals surface area contributed by atoms with Gasteiger partial charge >= 0.3 is 0 Å². The first-order valence-electron chi connectivity index (χ1n) is 8.76. The van der Waals surface area contributed by atoms with Crippen LogP contribution in [-0.4, -0.2) is 20.2 Å². The van der Waals surface area contributed by atoms with E-state index < -0.39 is 0 Å². The lowest BCUT2D eigenvalue weighted by atomic mass is 10.1. The third-order valence-electron chi connectivity index (χ3n) is 4.67. The molecule has 7 heteroatoms. The Morgan fingerprint density at radius 2 is 1.88 bits per heavy atom. The van der Waals surface area contributed by atoms with E-state index in [1.54, 1.807) is 12.1 Å². The normalized spacial score (nSPS) is 14.9. The Morgan fingerprint density at radius 3 is 2.62 bits per heavy atom. The molecule has 0 amide bonds. The Hall–Kier alpha value is -2.96. The van der Waals surface area contributed by atoms with Crippen LogP contribution in [0.5, 0.6) is 0 Å². The maximum Gasteiger partial charge on any atom is 0.153 e. The van der Waals surface area contributed by atoms with E-state index in [1.807, 2.05) is 19.9 Å². The molecule has 0 aliphatic heterocycles. The van der Waals surface area contributed by atoms with Crippen molar-refractivity contribution >= 4 is 17.5 Å². The molecule has 1 saturated carbocycles. The van der Waals surface area contributed by atoms with Crippen LogP contribution < -0.4 is 10.6 Å². The van der Waals surface area contributed by atoms with Crippen molar-refractivity contribution in [2.24, 2.45) is 0 Å². The molecule has 2 aromatic heterocycles. The Morgan fingerprint density at radius 1 is 1.15 bits per heavy atom. The Kier molecular flexibility index (Phi) is 4.28. The van der Waals surface area contributed by atoms with Crippen LogP contribution in [0.4, 0.5) is 21.8 Å². The van der Waals surface area contributed by atoms with E-state index in [0.29, 0.717) is 11.7 Å². The van der Waals surface area contributed by atoms with E-state index in [0.717, 1.165) is 22.8 Å². The van der Waals surface area contributed by atoms with Crippen molar-refractivity contribution in [1.29, 1.82) is 0 Å². The molecule has 1 fully saturated rings. The Balaban J connectivity index is 1.50. The first-order chi connectivity index (χ1) is 12.6. The summed E-state index contributed by atoms with van der Waals surface area (Å²) in [5, 5.41) is 14.0. The zero-order valence-corrected chi connectivity index (χ0v) is 14.8. The molecule has 0 unspecified atom stereocenters. The van der Waals surface area contributed by atoms with E-state index in [4.69, 9.17) is 0 Å². The third kappa shape index (κ3) is 3.51. The molecule has 6 nitrogen and oxygen atoms in total. The van der Waals surface area contributed by atoms with Crippen LogP contribution in [0.25, 0.3) is 0 Å². The molecule has 1 aliphatic rings. The number of anilines is 3. The average Bonchev–Trinajstić information content (AvgIpc) is 3.38. The van der Waals surface area contributed by atoms with Gasteiger partial charge in [-0.1, -0.05) is 12.1 Å². The smallest absolute Gasteiger partial charge is 0.153 e. The highest BCUT2D eigenvalue weighted by atomic mass is 19.1. The van der Waals surface area contributed by atoms with Crippen molar-refractivity contribution in [3.05, 3.63) is 59.3 Å². The van der Waals surface area contributed by atoms with Gasteiger partial charge in [0.15, 0.2) is 5.82 Å². The molecule has 4 rings (SSSR count). The number of nitrogens with zero attached hydrogens (tertiary/aromatic N) is 3. The SMILES string of the molecule is Cc1c(Nc2cc(C3CC3)[nH]n2)ncnc1N[C@@H](C)c1ccc(F)cc1. The molecule has 3 N–H and O–H groups in total. The zero-order valence-electron chi connectivity index (χ0n) is 14.8. The minimum atomic E-state index is -0.241. The second-order valence-corrected chi connectivity index (χ2v) is 6.72. The molecule has 1 aromatic carbocycles. The molecule has 134 valence electrons. The first kappa shape index (κ1) is 16.5. The summed E-state index contributed by atoms with van der Waals surface area (Å²) in [5.74, 6) is 2.58. The first-order valence-corrected chi connectivity index (χ1v) is 8.76. The summed E-state index contributed by atoms with van der Waals surface area (Å²) in [4.78, 5) is 8.67. The number of H-pyrrole nitrogens is 1. The molecular formula is C19H21FN6. The summed E-state index contributed by atoms with van der Waals surface area (Å²) >= 11 is 0. The lowest BCUT2D eigenvalue weighted by molar-refractivity contribution is 0.626. The molecule has 3 aromatic rings. The van der Waals surface area contributed by atoms with E-state index in [-0.39, 0.29) is 11.9 Å². The topological polar surface area (TPSA) is 78.5 Å². The molecule has 0 saturated heterocycles. The highest BCUT2D eigenvalue weighted by Crippen LogP contribution is 2.39. The van der Waals surface area contributed by atoms with Crippen molar-refractivity contribution in [3.63, 3.8) is 0 Å². The van der Waals surface area contributed by atoms with Crippen LogP contribution in [0, 0.1) is 12.7 Å². The fraction of sp³-hybridized carbons (Fsp3) is 0.316. The van der Waals surface area contributed by atoms with Gasteiger partial charge < -0.3 is 10.6 Å². The number of hydrogen-bond donors (Lipinski definition) is 3. The molecule has 2 heterocycles. The maximum absolute atomic E-state index is 13.1. The number of hydrogen-bond acceptors (Lipinski definition) is 5. The number of halogens is 1. The summed E-state index contributed by atoms with van der Waals surface area (Å²) in [7, 11) is 0. The highest BCUT2D eigenvalue weighted by molar-refractivity contribution is 5.62. The van der Waals surface area contributed by atoms with Crippen LogP contribution in [-0.2, 0) is 0 Å². The van der Waals surface area contributed by atoms with Gasteiger partial charge in [-0.05, 0) is 44.4 Å². The fourth-order valence-electron chi connectivity index (χ4n) is 2.89.